The molecule has 0 heterocycles. The van der Waals surface area contributed by atoms with E-state index in [0.29, 0.717) is 0 Å². The van der Waals surface area contributed by atoms with Gasteiger partial charge >= 0.3 is 5.97 Å². The lowest BCUT2D eigenvalue weighted by Gasteiger charge is -2.20. The number of esters is 1. The van der Waals surface area contributed by atoms with E-state index < -0.39 is 4.75 Å². The van der Waals surface area contributed by atoms with Gasteiger partial charge in [0.25, 0.3) is 0 Å². The summed E-state index contributed by atoms with van der Waals surface area (Å²) in [4.78, 5) is 12.6. The first-order valence-corrected chi connectivity index (χ1v) is 6.88. The van der Waals surface area contributed by atoms with Gasteiger partial charge in [0.1, 0.15) is 4.75 Å². The van der Waals surface area contributed by atoms with Gasteiger partial charge in [0, 0.05) is 4.90 Å². The van der Waals surface area contributed by atoms with E-state index in [1.807, 2.05) is 18.2 Å². The van der Waals surface area contributed by atoms with Crippen molar-refractivity contribution in [2.45, 2.75) is 23.5 Å². The van der Waals surface area contributed by atoms with Crippen molar-refractivity contribution in [1.82, 2.24) is 0 Å². The highest BCUT2D eigenvalue weighted by Crippen LogP contribution is 2.37. The first kappa shape index (κ1) is 14.5. The number of rotatable bonds is 3. The van der Waals surface area contributed by atoms with Gasteiger partial charge in [-0.05, 0) is 48.9 Å². The quantitative estimate of drug-likeness (QED) is 0.516. The maximum Gasteiger partial charge on any atom is 0.321 e. The molecule has 0 radical (unpaired) electrons. The molecule has 0 aliphatic heterocycles. The Balaban J connectivity index is 2.37. The Bertz CT molecular complexity index is 664. The Morgan fingerprint density at radius 2 is 1.70 bits per heavy atom. The van der Waals surface area contributed by atoms with E-state index in [-0.39, 0.29) is 17.5 Å². The summed E-state index contributed by atoms with van der Waals surface area (Å²) in [5.74, 6) is -0.601. The van der Waals surface area contributed by atoms with Crippen molar-refractivity contribution in [2.24, 2.45) is 0 Å². The summed E-state index contributed by atoms with van der Waals surface area (Å²) in [6, 6.07) is 8.58. The smallest absolute Gasteiger partial charge is 0.321 e. The van der Waals surface area contributed by atoms with Gasteiger partial charge in [0.05, 0.1) is 7.11 Å². The second-order valence-corrected chi connectivity index (χ2v) is 6.65. The van der Waals surface area contributed by atoms with E-state index >= 15 is 0 Å². The lowest BCUT2D eigenvalue weighted by molar-refractivity contribution is -0.142. The number of methoxy groups -OCH3 is 1. The van der Waals surface area contributed by atoms with Crippen molar-refractivity contribution >= 4 is 28.5 Å². The fourth-order valence-corrected chi connectivity index (χ4v) is 2.98. The van der Waals surface area contributed by atoms with Crippen LogP contribution in [0.25, 0.3) is 10.8 Å². The number of hydrogen-bond acceptors (Lipinski definition) is 5. The van der Waals surface area contributed by atoms with Gasteiger partial charge in [-0.3, -0.25) is 4.79 Å². The van der Waals surface area contributed by atoms with E-state index in [9.17, 15) is 15.0 Å². The van der Waals surface area contributed by atoms with E-state index in [2.05, 4.69) is 0 Å². The van der Waals surface area contributed by atoms with Crippen LogP contribution in [0.15, 0.2) is 35.2 Å². The second kappa shape index (κ2) is 5.25. The molecule has 0 aliphatic rings. The number of carbonyl (C=O) groups is 1. The summed E-state index contributed by atoms with van der Waals surface area (Å²) in [6.45, 7) is 3.59. The van der Waals surface area contributed by atoms with Crippen molar-refractivity contribution in [2.75, 3.05) is 7.11 Å². The molecule has 0 bridgehead atoms. The summed E-state index contributed by atoms with van der Waals surface area (Å²) in [5.41, 5.74) is 0. The summed E-state index contributed by atoms with van der Waals surface area (Å²) in [7, 11) is 1.37. The van der Waals surface area contributed by atoms with Crippen LogP contribution in [0.3, 0.4) is 0 Å². The highest BCUT2D eigenvalue weighted by molar-refractivity contribution is 8.01. The fraction of sp³-hybridized carbons (Fsp3) is 0.267. The van der Waals surface area contributed by atoms with Crippen molar-refractivity contribution in [3.05, 3.63) is 30.3 Å². The molecule has 0 saturated heterocycles. The number of benzene rings is 2. The lowest BCUT2D eigenvalue weighted by atomic mass is 10.1. The van der Waals surface area contributed by atoms with E-state index in [0.717, 1.165) is 15.7 Å². The zero-order chi connectivity index (χ0) is 14.9. The largest absolute Gasteiger partial charge is 0.504 e. The molecule has 0 aliphatic carbocycles. The molecule has 0 spiro atoms. The zero-order valence-corrected chi connectivity index (χ0v) is 12.3. The third-order valence-corrected chi connectivity index (χ3v) is 4.12. The Labute approximate surface area is 121 Å². The topological polar surface area (TPSA) is 66.8 Å². The van der Waals surface area contributed by atoms with Crippen molar-refractivity contribution in [3.8, 4) is 11.5 Å². The minimum atomic E-state index is -0.693. The molecule has 2 rings (SSSR count). The SMILES string of the molecule is COC(=O)C(C)(C)Sc1ccc2cc(O)c(O)cc2c1. The van der Waals surface area contributed by atoms with Gasteiger partial charge in [0.15, 0.2) is 11.5 Å². The lowest BCUT2D eigenvalue weighted by Crippen LogP contribution is -2.28. The van der Waals surface area contributed by atoms with Crippen molar-refractivity contribution in [1.29, 1.82) is 0 Å². The number of aromatic hydroxyl groups is 2. The number of ether oxygens (including phenoxy) is 1. The van der Waals surface area contributed by atoms with E-state index in [1.165, 1.54) is 31.0 Å². The van der Waals surface area contributed by atoms with Crippen LogP contribution in [0.2, 0.25) is 0 Å². The summed E-state index contributed by atoms with van der Waals surface area (Å²) in [6.07, 6.45) is 0. The summed E-state index contributed by atoms with van der Waals surface area (Å²) in [5, 5.41) is 20.6. The molecule has 20 heavy (non-hydrogen) atoms. The molecule has 0 unspecified atom stereocenters. The van der Waals surface area contributed by atoms with E-state index in [4.69, 9.17) is 4.74 Å². The average Bonchev–Trinajstić information content (AvgIpc) is 2.39. The molecular formula is C15H16O4S. The van der Waals surface area contributed by atoms with Crippen LogP contribution in [0.4, 0.5) is 0 Å². The van der Waals surface area contributed by atoms with E-state index in [1.54, 1.807) is 13.8 Å². The minimum Gasteiger partial charge on any atom is -0.504 e. The molecule has 2 aromatic rings. The molecule has 0 saturated carbocycles. The maximum absolute atomic E-state index is 11.7. The first-order valence-electron chi connectivity index (χ1n) is 6.06. The molecule has 2 N–H and O–H groups in total. The van der Waals surface area contributed by atoms with Crippen LogP contribution in [-0.2, 0) is 9.53 Å². The number of phenols is 2. The molecule has 106 valence electrons. The standard InChI is InChI=1S/C15H16O4S/c1-15(2,14(18)19-3)20-11-5-4-9-7-12(16)13(17)8-10(9)6-11/h4-8,16-17H,1-3H3. The number of fused-ring (bicyclic) bond motifs is 1. The molecule has 5 heteroatoms. The van der Waals surface area contributed by atoms with Crippen LogP contribution in [0.5, 0.6) is 11.5 Å². The normalized spacial score (nSPS) is 11.6. The van der Waals surface area contributed by atoms with Crippen LogP contribution in [0, 0.1) is 0 Å². The predicted molar refractivity (Wildman–Crippen MR) is 79.2 cm³/mol. The van der Waals surface area contributed by atoms with Gasteiger partial charge in [-0.1, -0.05) is 6.07 Å². The van der Waals surface area contributed by atoms with Crippen LogP contribution in [-0.4, -0.2) is 28.0 Å². The number of thioether (sulfide) groups is 1. The third-order valence-electron chi connectivity index (χ3n) is 2.96. The average molecular weight is 292 g/mol. The molecule has 4 nitrogen and oxygen atoms in total. The van der Waals surface area contributed by atoms with Gasteiger partial charge in [-0.25, -0.2) is 0 Å². The molecule has 0 amide bonds. The van der Waals surface area contributed by atoms with Crippen molar-refractivity contribution < 1.29 is 19.7 Å². The maximum atomic E-state index is 11.7. The van der Waals surface area contributed by atoms with Crippen LogP contribution < -0.4 is 0 Å². The second-order valence-electron chi connectivity index (χ2n) is 4.95. The highest BCUT2D eigenvalue weighted by atomic mass is 32.2. The number of phenolic OH excluding ortho intramolecular Hbond substituents is 2. The molecule has 0 aromatic heterocycles. The number of hydrogen-bond donors (Lipinski definition) is 2. The first-order chi connectivity index (χ1) is 9.33. The van der Waals surface area contributed by atoms with Gasteiger partial charge in [-0.2, -0.15) is 0 Å². The third kappa shape index (κ3) is 2.82. The van der Waals surface area contributed by atoms with Gasteiger partial charge in [-0.15, -0.1) is 11.8 Å². The molecular weight excluding hydrogens is 276 g/mol. The Hall–Kier alpha value is -1.88. The summed E-state index contributed by atoms with van der Waals surface area (Å²) >= 11 is 1.38. The van der Waals surface area contributed by atoms with Crippen molar-refractivity contribution in [3.63, 3.8) is 0 Å². The highest BCUT2D eigenvalue weighted by Gasteiger charge is 2.30. The summed E-state index contributed by atoms with van der Waals surface area (Å²) < 4.78 is 4.08. The van der Waals surface area contributed by atoms with Gasteiger partial charge < -0.3 is 14.9 Å². The molecule has 0 fully saturated rings. The molecule has 2 aromatic carbocycles. The Morgan fingerprint density at radius 3 is 2.30 bits per heavy atom. The predicted octanol–water partition coefficient (Wildman–Crippen LogP) is 3.29. The monoisotopic (exact) mass is 292 g/mol. The van der Waals surface area contributed by atoms with Crippen LogP contribution in [0.1, 0.15) is 13.8 Å². The van der Waals surface area contributed by atoms with Crippen LogP contribution >= 0.6 is 11.8 Å². The molecule has 0 atom stereocenters. The minimum absolute atomic E-state index is 0.146. The zero-order valence-electron chi connectivity index (χ0n) is 11.5. The number of carbonyl (C=O) groups excluding carboxylic acids is 1. The fourth-order valence-electron chi connectivity index (χ4n) is 1.90. The Morgan fingerprint density at radius 1 is 1.10 bits per heavy atom. The van der Waals surface area contributed by atoms with Gasteiger partial charge in [0.2, 0.25) is 0 Å². The Kier molecular flexibility index (Phi) is 3.81.